The SMILES string of the molecule is CCCOc1cccc(C(=O)Oc2ccc(OCc3nc(C)no3)cc2)c1. The van der Waals surface area contributed by atoms with Crippen LogP contribution in [0.2, 0.25) is 0 Å². The molecule has 0 amide bonds. The number of carbonyl (C=O) groups is 1. The first-order chi connectivity index (χ1) is 13.1. The van der Waals surface area contributed by atoms with Crippen LogP contribution >= 0.6 is 0 Å². The standard InChI is InChI=1S/C20H20N2O5/c1-3-11-24-18-6-4-5-15(12-18)20(23)26-17-9-7-16(8-10-17)25-13-19-21-14(2)22-27-19/h4-10,12H,3,11,13H2,1-2H3. The first-order valence-electron chi connectivity index (χ1n) is 8.61. The van der Waals surface area contributed by atoms with E-state index in [0.29, 0.717) is 41.1 Å². The van der Waals surface area contributed by atoms with Gasteiger partial charge < -0.3 is 18.7 Å². The van der Waals surface area contributed by atoms with Crippen LogP contribution in [-0.2, 0) is 6.61 Å². The number of aromatic nitrogens is 2. The number of hydrogen-bond donors (Lipinski definition) is 0. The van der Waals surface area contributed by atoms with Gasteiger partial charge in [-0.3, -0.25) is 0 Å². The van der Waals surface area contributed by atoms with Gasteiger partial charge in [0.1, 0.15) is 17.2 Å². The quantitative estimate of drug-likeness (QED) is 0.439. The lowest BCUT2D eigenvalue weighted by Gasteiger charge is -2.08. The van der Waals surface area contributed by atoms with Crippen LogP contribution in [-0.4, -0.2) is 22.7 Å². The molecule has 1 aromatic heterocycles. The zero-order chi connectivity index (χ0) is 19.1. The molecular weight excluding hydrogens is 348 g/mol. The molecule has 0 aliphatic carbocycles. The smallest absolute Gasteiger partial charge is 0.343 e. The largest absolute Gasteiger partial charge is 0.494 e. The number of esters is 1. The lowest BCUT2D eigenvalue weighted by molar-refractivity contribution is 0.0734. The Hall–Kier alpha value is -3.35. The van der Waals surface area contributed by atoms with Crippen LogP contribution in [0.1, 0.15) is 35.4 Å². The Labute approximate surface area is 156 Å². The van der Waals surface area contributed by atoms with Gasteiger partial charge in [0.05, 0.1) is 12.2 Å². The maximum Gasteiger partial charge on any atom is 0.343 e. The second-order valence-corrected chi connectivity index (χ2v) is 5.76. The summed E-state index contributed by atoms with van der Waals surface area (Å²) in [7, 11) is 0. The normalized spacial score (nSPS) is 10.4. The summed E-state index contributed by atoms with van der Waals surface area (Å²) in [5.74, 6) is 2.16. The Bertz CT molecular complexity index is 889. The second kappa shape index (κ2) is 8.84. The van der Waals surface area contributed by atoms with Crippen LogP contribution in [0.5, 0.6) is 17.2 Å². The summed E-state index contributed by atoms with van der Waals surface area (Å²) >= 11 is 0. The molecule has 0 bridgehead atoms. The number of ether oxygens (including phenoxy) is 3. The first-order valence-corrected chi connectivity index (χ1v) is 8.61. The zero-order valence-corrected chi connectivity index (χ0v) is 15.2. The van der Waals surface area contributed by atoms with E-state index in [1.165, 1.54) is 0 Å². The summed E-state index contributed by atoms with van der Waals surface area (Å²) in [6.07, 6.45) is 0.898. The van der Waals surface area contributed by atoms with Crippen molar-refractivity contribution in [1.29, 1.82) is 0 Å². The molecule has 27 heavy (non-hydrogen) atoms. The van der Waals surface area contributed by atoms with E-state index in [4.69, 9.17) is 18.7 Å². The molecule has 0 atom stereocenters. The number of rotatable bonds is 8. The number of aryl methyl sites for hydroxylation is 1. The fourth-order valence-electron chi connectivity index (χ4n) is 2.25. The van der Waals surface area contributed by atoms with Gasteiger partial charge in [-0.15, -0.1) is 0 Å². The molecule has 2 aromatic carbocycles. The minimum absolute atomic E-state index is 0.171. The fraction of sp³-hybridized carbons (Fsp3) is 0.250. The third-order valence-corrected chi connectivity index (χ3v) is 3.51. The molecule has 0 unspecified atom stereocenters. The van der Waals surface area contributed by atoms with Crippen LogP contribution in [0.25, 0.3) is 0 Å². The van der Waals surface area contributed by atoms with E-state index in [1.807, 2.05) is 13.0 Å². The summed E-state index contributed by atoms with van der Waals surface area (Å²) in [5, 5.41) is 3.69. The third kappa shape index (κ3) is 5.31. The molecule has 0 radical (unpaired) electrons. The number of nitrogens with zero attached hydrogens (tertiary/aromatic N) is 2. The van der Waals surface area contributed by atoms with Crippen molar-refractivity contribution in [2.45, 2.75) is 26.9 Å². The van der Waals surface area contributed by atoms with Crippen molar-refractivity contribution < 1.29 is 23.5 Å². The minimum Gasteiger partial charge on any atom is -0.494 e. The monoisotopic (exact) mass is 368 g/mol. The molecule has 3 aromatic rings. The zero-order valence-electron chi connectivity index (χ0n) is 15.2. The van der Waals surface area contributed by atoms with Gasteiger partial charge in [-0.25, -0.2) is 4.79 Å². The van der Waals surface area contributed by atoms with Crippen LogP contribution < -0.4 is 14.2 Å². The lowest BCUT2D eigenvalue weighted by atomic mass is 10.2. The summed E-state index contributed by atoms with van der Waals surface area (Å²) in [6, 6.07) is 13.6. The highest BCUT2D eigenvalue weighted by Crippen LogP contribution is 2.21. The Morgan fingerprint density at radius 3 is 2.52 bits per heavy atom. The first kappa shape index (κ1) is 18.4. The van der Waals surface area contributed by atoms with Gasteiger partial charge >= 0.3 is 5.97 Å². The van der Waals surface area contributed by atoms with Crippen LogP contribution in [0, 0.1) is 6.92 Å². The molecule has 7 nitrogen and oxygen atoms in total. The van der Waals surface area contributed by atoms with E-state index in [1.54, 1.807) is 49.4 Å². The van der Waals surface area contributed by atoms with Gasteiger partial charge in [-0.2, -0.15) is 4.98 Å². The van der Waals surface area contributed by atoms with Gasteiger partial charge in [-0.05, 0) is 55.8 Å². The van der Waals surface area contributed by atoms with Gasteiger partial charge in [0.15, 0.2) is 12.4 Å². The molecule has 140 valence electrons. The third-order valence-electron chi connectivity index (χ3n) is 3.51. The van der Waals surface area contributed by atoms with Gasteiger partial charge in [-0.1, -0.05) is 18.1 Å². The maximum absolute atomic E-state index is 12.3. The molecule has 0 saturated carbocycles. The van der Waals surface area contributed by atoms with Crippen molar-refractivity contribution in [3.63, 3.8) is 0 Å². The lowest BCUT2D eigenvalue weighted by Crippen LogP contribution is -2.08. The fourth-order valence-corrected chi connectivity index (χ4v) is 2.25. The highest BCUT2D eigenvalue weighted by molar-refractivity contribution is 5.91. The van der Waals surface area contributed by atoms with Gasteiger partial charge in [0.2, 0.25) is 0 Å². The summed E-state index contributed by atoms with van der Waals surface area (Å²) < 4.78 is 21.5. The summed E-state index contributed by atoms with van der Waals surface area (Å²) in [6.45, 7) is 4.53. The Kier molecular flexibility index (Phi) is 6.04. The Balaban J connectivity index is 1.56. The molecule has 0 aliphatic rings. The number of carbonyl (C=O) groups excluding carboxylic acids is 1. The van der Waals surface area contributed by atoms with E-state index in [9.17, 15) is 4.79 Å². The molecule has 0 spiro atoms. The van der Waals surface area contributed by atoms with E-state index in [2.05, 4.69) is 10.1 Å². The van der Waals surface area contributed by atoms with Crippen molar-refractivity contribution >= 4 is 5.97 Å². The van der Waals surface area contributed by atoms with Crippen LogP contribution in [0.15, 0.2) is 53.1 Å². The molecule has 0 aliphatic heterocycles. The molecular formula is C20H20N2O5. The Morgan fingerprint density at radius 2 is 1.81 bits per heavy atom. The minimum atomic E-state index is -0.452. The van der Waals surface area contributed by atoms with Crippen LogP contribution in [0.4, 0.5) is 0 Å². The molecule has 0 saturated heterocycles. The molecule has 7 heteroatoms. The maximum atomic E-state index is 12.3. The van der Waals surface area contributed by atoms with E-state index >= 15 is 0 Å². The van der Waals surface area contributed by atoms with Gasteiger partial charge in [0.25, 0.3) is 5.89 Å². The highest BCUT2D eigenvalue weighted by Gasteiger charge is 2.10. The molecule has 3 rings (SSSR count). The predicted molar refractivity (Wildman–Crippen MR) is 97.0 cm³/mol. The predicted octanol–water partition coefficient (Wildman–Crippen LogP) is 3.97. The Morgan fingerprint density at radius 1 is 1.04 bits per heavy atom. The highest BCUT2D eigenvalue weighted by atomic mass is 16.5. The molecule has 0 N–H and O–H groups in total. The van der Waals surface area contributed by atoms with Crippen LogP contribution in [0.3, 0.4) is 0 Å². The number of hydrogen-bond acceptors (Lipinski definition) is 7. The van der Waals surface area contributed by atoms with Gasteiger partial charge in [0, 0.05) is 0 Å². The van der Waals surface area contributed by atoms with Crippen molar-refractivity contribution in [2.75, 3.05) is 6.61 Å². The summed E-state index contributed by atoms with van der Waals surface area (Å²) in [4.78, 5) is 16.4. The average molecular weight is 368 g/mol. The average Bonchev–Trinajstić information content (AvgIpc) is 3.11. The van der Waals surface area contributed by atoms with E-state index < -0.39 is 5.97 Å². The molecule has 1 heterocycles. The van der Waals surface area contributed by atoms with E-state index in [0.717, 1.165) is 6.42 Å². The van der Waals surface area contributed by atoms with Crippen molar-refractivity contribution in [1.82, 2.24) is 10.1 Å². The van der Waals surface area contributed by atoms with Crippen molar-refractivity contribution in [3.8, 4) is 17.2 Å². The van der Waals surface area contributed by atoms with Crippen molar-refractivity contribution in [2.24, 2.45) is 0 Å². The topological polar surface area (TPSA) is 83.7 Å². The van der Waals surface area contributed by atoms with E-state index in [-0.39, 0.29) is 6.61 Å². The second-order valence-electron chi connectivity index (χ2n) is 5.76. The summed E-state index contributed by atoms with van der Waals surface area (Å²) in [5.41, 5.74) is 0.427. The number of benzene rings is 2. The molecule has 0 fully saturated rings. The van der Waals surface area contributed by atoms with Crippen molar-refractivity contribution in [3.05, 3.63) is 65.8 Å².